The second kappa shape index (κ2) is 7.84. The zero-order valence-electron chi connectivity index (χ0n) is 17.9. The van der Waals surface area contributed by atoms with Crippen molar-refractivity contribution in [3.8, 4) is 0 Å². The Morgan fingerprint density at radius 3 is 2.72 bits per heavy atom. The van der Waals surface area contributed by atoms with Gasteiger partial charge in [-0.05, 0) is 39.0 Å². The molecule has 0 N–H and O–H groups in total. The summed E-state index contributed by atoms with van der Waals surface area (Å²) in [7, 11) is 1.92. The number of imidazole rings is 1. The molecule has 29 heavy (non-hydrogen) atoms. The van der Waals surface area contributed by atoms with E-state index in [1.165, 1.54) is 0 Å². The van der Waals surface area contributed by atoms with Crippen LogP contribution >= 0.6 is 0 Å². The van der Waals surface area contributed by atoms with E-state index in [0.29, 0.717) is 12.1 Å². The highest BCUT2D eigenvalue weighted by Crippen LogP contribution is 2.44. The number of aromatic nitrogens is 3. The van der Waals surface area contributed by atoms with E-state index in [9.17, 15) is 9.59 Å². The highest BCUT2D eigenvalue weighted by Gasteiger charge is 2.52. The number of hydrogen-bond donors (Lipinski definition) is 0. The lowest BCUT2D eigenvalue weighted by molar-refractivity contribution is -0.153. The van der Waals surface area contributed by atoms with E-state index >= 15 is 0 Å². The van der Waals surface area contributed by atoms with Gasteiger partial charge in [-0.3, -0.25) is 9.59 Å². The number of fused-ring (bicyclic) bond motifs is 1. The van der Waals surface area contributed by atoms with Gasteiger partial charge in [-0.2, -0.15) is 5.10 Å². The van der Waals surface area contributed by atoms with E-state index in [2.05, 4.69) is 23.8 Å². The summed E-state index contributed by atoms with van der Waals surface area (Å²) in [6.07, 6.45) is 12.5. The van der Waals surface area contributed by atoms with Crippen molar-refractivity contribution in [2.75, 3.05) is 19.6 Å². The van der Waals surface area contributed by atoms with E-state index < -0.39 is 5.41 Å². The SMILES string of the molecule is CCCCCN1CCC[C@@]2(CCCN(C(=O)c3cnn4ccn(C)c34)[C@@H]2C)C1=O. The number of nitrogens with zero attached hydrogens (tertiary/aromatic N) is 5. The lowest BCUT2D eigenvalue weighted by Crippen LogP contribution is -2.61. The minimum Gasteiger partial charge on any atom is -0.342 e. The fourth-order valence-corrected chi connectivity index (χ4v) is 5.39. The van der Waals surface area contributed by atoms with Gasteiger partial charge >= 0.3 is 0 Å². The van der Waals surface area contributed by atoms with Crippen molar-refractivity contribution in [2.24, 2.45) is 12.5 Å². The van der Waals surface area contributed by atoms with Gasteiger partial charge in [0.15, 0.2) is 0 Å². The third kappa shape index (κ3) is 3.24. The monoisotopic (exact) mass is 399 g/mol. The van der Waals surface area contributed by atoms with Gasteiger partial charge in [0.25, 0.3) is 5.91 Å². The quantitative estimate of drug-likeness (QED) is 0.726. The summed E-state index contributed by atoms with van der Waals surface area (Å²) >= 11 is 0. The summed E-state index contributed by atoms with van der Waals surface area (Å²) < 4.78 is 3.66. The summed E-state index contributed by atoms with van der Waals surface area (Å²) in [4.78, 5) is 31.0. The number of unbranched alkanes of at least 4 members (excludes halogenated alkanes) is 2. The third-order valence-electron chi connectivity index (χ3n) is 7.11. The van der Waals surface area contributed by atoms with Crippen LogP contribution in [0.4, 0.5) is 0 Å². The first-order valence-corrected chi connectivity index (χ1v) is 11.1. The van der Waals surface area contributed by atoms with Crippen LogP contribution in [0.15, 0.2) is 18.6 Å². The number of rotatable bonds is 5. The van der Waals surface area contributed by atoms with Crippen LogP contribution < -0.4 is 0 Å². The van der Waals surface area contributed by atoms with E-state index in [0.717, 1.165) is 63.7 Å². The van der Waals surface area contributed by atoms with Crippen molar-refractivity contribution in [1.82, 2.24) is 24.0 Å². The zero-order valence-corrected chi connectivity index (χ0v) is 17.9. The third-order valence-corrected chi connectivity index (χ3v) is 7.11. The van der Waals surface area contributed by atoms with Crippen LogP contribution in [0, 0.1) is 5.41 Å². The summed E-state index contributed by atoms with van der Waals surface area (Å²) in [6.45, 7) is 6.68. The van der Waals surface area contributed by atoms with E-state index in [1.807, 2.05) is 28.9 Å². The highest BCUT2D eigenvalue weighted by atomic mass is 16.2. The predicted octanol–water partition coefficient (Wildman–Crippen LogP) is 3.10. The first-order chi connectivity index (χ1) is 14.0. The number of aryl methyl sites for hydroxylation is 1. The maximum Gasteiger partial charge on any atom is 0.259 e. The molecule has 1 spiro atoms. The fourth-order valence-electron chi connectivity index (χ4n) is 5.39. The lowest BCUT2D eigenvalue weighted by atomic mass is 9.67. The van der Waals surface area contributed by atoms with Crippen LogP contribution in [0.5, 0.6) is 0 Å². The Morgan fingerprint density at radius 1 is 1.21 bits per heavy atom. The first kappa shape index (κ1) is 20.0. The van der Waals surface area contributed by atoms with Gasteiger partial charge in [-0.25, -0.2) is 4.52 Å². The molecule has 2 aromatic rings. The molecule has 2 aromatic heterocycles. The summed E-state index contributed by atoms with van der Waals surface area (Å²) in [5, 5.41) is 4.33. The van der Waals surface area contributed by atoms with Crippen LogP contribution in [-0.4, -0.2) is 61.5 Å². The molecule has 4 heterocycles. The minimum atomic E-state index is -0.432. The van der Waals surface area contributed by atoms with Gasteiger partial charge in [0.1, 0.15) is 11.2 Å². The second-order valence-corrected chi connectivity index (χ2v) is 8.77. The highest BCUT2D eigenvalue weighted by molar-refractivity contribution is 6.00. The molecule has 0 unspecified atom stereocenters. The molecule has 7 heteroatoms. The topological polar surface area (TPSA) is 62.8 Å². The van der Waals surface area contributed by atoms with E-state index in [4.69, 9.17) is 0 Å². The van der Waals surface area contributed by atoms with Gasteiger partial charge < -0.3 is 14.4 Å². The Hall–Kier alpha value is -2.31. The molecule has 158 valence electrons. The van der Waals surface area contributed by atoms with Crippen molar-refractivity contribution in [2.45, 2.75) is 64.8 Å². The minimum absolute atomic E-state index is 0.00992. The molecule has 0 bridgehead atoms. The molecule has 0 aliphatic carbocycles. The Morgan fingerprint density at radius 2 is 1.97 bits per heavy atom. The Balaban J connectivity index is 1.58. The Labute approximate surface area is 172 Å². The van der Waals surface area contributed by atoms with Crippen LogP contribution in [0.25, 0.3) is 5.65 Å². The molecule has 0 saturated carbocycles. The number of piperidine rings is 2. The molecule has 7 nitrogen and oxygen atoms in total. The summed E-state index contributed by atoms with van der Waals surface area (Å²) in [5.74, 6) is 0.258. The number of hydrogen-bond acceptors (Lipinski definition) is 3. The number of carbonyl (C=O) groups excluding carboxylic acids is 2. The largest absolute Gasteiger partial charge is 0.342 e. The average molecular weight is 400 g/mol. The lowest BCUT2D eigenvalue weighted by Gasteiger charge is -2.51. The molecule has 2 saturated heterocycles. The van der Waals surface area contributed by atoms with Crippen molar-refractivity contribution in [3.63, 3.8) is 0 Å². The van der Waals surface area contributed by atoms with Crippen LogP contribution in [0.1, 0.15) is 69.2 Å². The van der Waals surface area contributed by atoms with E-state index in [-0.39, 0.29) is 17.9 Å². The Kier molecular flexibility index (Phi) is 5.40. The van der Waals surface area contributed by atoms with Crippen molar-refractivity contribution >= 4 is 17.5 Å². The molecule has 2 atom stereocenters. The van der Waals surface area contributed by atoms with Crippen molar-refractivity contribution in [1.29, 1.82) is 0 Å². The van der Waals surface area contributed by atoms with E-state index in [1.54, 1.807) is 10.7 Å². The maximum atomic E-state index is 13.6. The second-order valence-electron chi connectivity index (χ2n) is 8.77. The summed E-state index contributed by atoms with van der Waals surface area (Å²) in [6, 6.07) is -0.0968. The van der Waals surface area contributed by atoms with Gasteiger partial charge in [0.05, 0.1) is 11.6 Å². The molecule has 2 fully saturated rings. The smallest absolute Gasteiger partial charge is 0.259 e. The molecular formula is C22H33N5O2. The van der Waals surface area contributed by atoms with Gasteiger partial charge in [0.2, 0.25) is 5.91 Å². The molecular weight excluding hydrogens is 366 g/mol. The zero-order chi connectivity index (χ0) is 20.6. The number of likely N-dealkylation sites (tertiary alicyclic amines) is 2. The van der Waals surface area contributed by atoms with Gasteiger partial charge in [-0.1, -0.05) is 19.8 Å². The van der Waals surface area contributed by atoms with Gasteiger partial charge in [0, 0.05) is 45.1 Å². The molecule has 2 amide bonds. The summed E-state index contributed by atoms with van der Waals surface area (Å²) in [5.41, 5.74) is 0.987. The first-order valence-electron chi connectivity index (χ1n) is 11.1. The van der Waals surface area contributed by atoms with Gasteiger partial charge in [-0.15, -0.1) is 0 Å². The molecule has 2 aliphatic rings. The fraction of sp³-hybridized carbons (Fsp3) is 0.682. The average Bonchev–Trinajstić information content (AvgIpc) is 3.30. The number of amides is 2. The normalized spacial score (nSPS) is 25.3. The van der Waals surface area contributed by atoms with Crippen molar-refractivity contribution in [3.05, 3.63) is 24.2 Å². The molecule has 0 aromatic carbocycles. The standard InChI is InChI=1S/C22H33N5O2/c1-4-5-6-11-25-12-7-9-22(21(25)29)10-8-13-26(17(22)2)20(28)18-16-23-27-15-14-24(3)19(18)27/h14-17H,4-13H2,1-3H3/t17-,22+/m1/s1. The van der Waals surface area contributed by atoms with Crippen LogP contribution in [0.3, 0.4) is 0 Å². The van der Waals surface area contributed by atoms with Crippen molar-refractivity contribution < 1.29 is 9.59 Å². The Bertz CT molecular complexity index is 896. The predicted molar refractivity (Wildman–Crippen MR) is 112 cm³/mol. The van der Waals surface area contributed by atoms with Crippen LogP contribution in [0.2, 0.25) is 0 Å². The maximum absolute atomic E-state index is 13.6. The molecule has 2 aliphatic heterocycles. The van der Waals surface area contributed by atoms with Crippen LogP contribution in [-0.2, 0) is 11.8 Å². The molecule has 0 radical (unpaired) electrons. The molecule has 4 rings (SSSR count). The number of carbonyl (C=O) groups is 2.